The molecular formula is C10H9ClN2O2. The Balaban J connectivity index is 2.05. The molecule has 0 saturated carbocycles. The minimum Gasteiger partial charge on any atom is -0.468 e. The van der Waals surface area contributed by atoms with Crippen molar-refractivity contribution in [3.05, 3.63) is 41.4 Å². The Bertz CT molecular complexity index is 443. The van der Waals surface area contributed by atoms with Gasteiger partial charge < -0.3 is 14.9 Å². The van der Waals surface area contributed by atoms with Crippen LogP contribution >= 0.6 is 11.6 Å². The van der Waals surface area contributed by atoms with Crippen molar-refractivity contribution in [3.63, 3.8) is 0 Å². The maximum absolute atomic E-state index is 5.87. The van der Waals surface area contributed by atoms with E-state index in [0.29, 0.717) is 29.0 Å². The number of hydrogen-bond acceptors (Lipinski definition) is 4. The van der Waals surface area contributed by atoms with Crippen molar-refractivity contribution in [3.8, 4) is 5.88 Å². The van der Waals surface area contributed by atoms with Crippen molar-refractivity contribution in [2.45, 2.75) is 6.61 Å². The van der Waals surface area contributed by atoms with Crippen LogP contribution in [-0.4, -0.2) is 4.98 Å². The van der Waals surface area contributed by atoms with E-state index in [4.69, 9.17) is 26.5 Å². The van der Waals surface area contributed by atoms with Crippen molar-refractivity contribution in [1.29, 1.82) is 0 Å². The zero-order valence-corrected chi connectivity index (χ0v) is 8.57. The van der Waals surface area contributed by atoms with Crippen molar-refractivity contribution in [2.75, 3.05) is 5.73 Å². The van der Waals surface area contributed by atoms with E-state index >= 15 is 0 Å². The molecule has 0 aliphatic carbocycles. The predicted molar refractivity (Wildman–Crippen MR) is 56.7 cm³/mol. The van der Waals surface area contributed by atoms with Crippen LogP contribution in [0.3, 0.4) is 0 Å². The maximum Gasteiger partial charge on any atom is 0.233 e. The lowest BCUT2D eigenvalue weighted by Crippen LogP contribution is -1.97. The summed E-state index contributed by atoms with van der Waals surface area (Å²) < 4.78 is 10.4. The molecule has 0 unspecified atom stereocenters. The smallest absolute Gasteiger partial charge is 0.233 e. The number of pyridine rings is 1. The third-order valence-corrected chi connectivity index (χ3v) is 2.03. The fourth-order valence-corrected chi connectivity index (χ4v) is 1.31. The monoisotopic (exact) mass is 224 g/mol. The zero-order chi connectivity index (χ0) is 10.7. The highest BCUT2D eigenvalue weighted by molar-refractivity contribution is 6.32. The summed E-state index contributed by atoms with van der Waals surface area (Å²) in [5.74, 6) is 1.06. The van der Waals surface area contributed by atoms with Crippen molar-refractivity contribution in [2.24, 2.45) is 0 Å². The predicted octanol–water partition coefficient (Wildman–Crippen LogP) is 2.49. The third kappa shape index (κ3) is 2.41. The molecule has 2 rings (SSSR count). The highest BCUT2D eigenvalue weighted by Gasteiger charge is 2.04. The molecule has 2 aromatic rings. The molecule has 0 aromatic carbocycles. The first kappa shape index (κ1) is 9.86. The maximum atomic E-state index is 5.87. The highest BCUT2D eigenvalue weighted by atomic mass is 35.5. The molecule has 5 heteroatoms. The molecule has 0 atom stereocenters. The number of rotatable bonds is 3. The number of aromatic nitrogens is 1. The van der Waals surface area contributed by atoms with Gasteiger partial charge in [0.1, 0.15) is 17.4 Å². The molecule has 0 aliphatic heterocycles. The quantitative estimate of drug-likeness (QED) is 0.870. The summed E-state index contributed by atoms with van der Waals surface area (Å²) in [6, 6.07) is 5.19. The van der Waals surface area contributed by atoms with E-state index in [1.807, 2.05) is 6.07 Å². The van der Waals surface area contributed by atoms with Crippen LogP contribution in [0.4, 0.5) is 5.69 Å². The number of ether oxygens (including phenoxy) is 1. The van der Waals surface area contributed by atoms with E-state index < -0.39 is 0 Å². The Morgan fingerprint density at radius 1 is 1.53 bits per heavy atom. The van der Waals surface area contributed by atoms with Crippen LogP contribution in [0.5, 0.6) is 5.88 Å². The SMILES string of the molecule is Nc1cnc(OCc2ccco2)c(Cl)c1. The normalized spacial score (nSPS) is 10.2. The Labute approximate surface area is 91.6 Å². The lowest BCUT2D eigenvalue weighted by molar-refractivity contribution is 0.261. The average molecular weight is 225 g/mol. The minimum atomic E-state index is 0.295. The zero-order valence-electron chi connectivity index (χ0n) is 7.81. The number of furan rings is 1. The van der Waals surface area contributed by atoms with Crippen LogP contribution in [0.15, 0.2) is 35.1 Å². The second kappa shape index (κ2) is 4.23. The third-order valence-electron chi connectivity index (χ3n) is 1.76. The molecule has 0 amide bonds. The van der Waals surface area contributed by atoms with Gasteiger partial charge in [0.2, 0.25) is 5.88 Å². The topological polar surface area (TPSA) is 61.3 Å². The van der Waals surface area contributed by atoms with Gasteiger partial charge in [0.25, 0.3) is 0 Å². The van der Waals surface area contributed by atoms with Crippen molar-refractivity contribution < 1.29 is 9.15 Å². The van der Waals surface area contributed by atoms with E-state index in [1.54, 1.807) is 18.4 Å². The van der Waals surface area contributed by atoms with E-state index in [9.17, 15) is 0 Å². The second-order valence-corrected chi connectivity index (χ2v) is 3.33. The van der Waals surface area contributed by atoms with Crippen LogP contribution < -0.4 is 10.5 Å². The Morgan fingerprint density at radius 2 is 2.40 bits per heavy atom. The van der Waals surface area contributed by atoms with Gasteiger partial charge in [-0.2, -0.15) is 0 Å². The Hall–Kier alpha value is -1.68. The van der Waals surface area contributed by atoms with Gasteiger partial charge in [0.15, 0.2) is 0 Å². The van der Waals surface area contributed by atoms with E-state index in [2.05, 4.69) is 4.98 Å². The summed E-state index contributed by atoms with van der Waals surface area (Å²) in [4.78, 5) is 3.96. The van der Waals surface area contributed by atoms with Gasteiger partial charge in [-0.3, -0.25) is 0 Å². The fourth-order valence-electron chi connectivity index (χ4n) is 1.08. The van der Waals surface area contributed by atoms with Crippen LogP contribution in [-0.2, 0) is 6.61 Å². The first-order valence-corrected chi connectivity index (χ1v) is 4.69. The van der Waals surface area contributed by atoms with Crippen molar-refractivity contribution >= 4 is 17.3 Å². The first-order valence-electron chi connectivity index (χ1n) is 4.32. The molecule has 2 aromatic heterocycles. The molecule has 2 heterocycles. The first-order chi connectivity index (χ1) is 7.25. The molecule has 0 fully saturated rings. The van der Waals surface area contributed by atoms with Crippen LogP contribution in [0.25, 0.3) is 0 Å². The summed E-state index contributed by atoms with van der Waals surface area (Å²) in [5, 5.41) is 0.390. The number of nitrogens with two attached hydrogens (primary N) is 1. The van der Waals surface area contributed by atoms with Gasteiger partial charge >= 0.3 is 0 Å². The second-order valence-electron chi connectivity index (χ2n) is 2.92. The molecule has 0 aliphatic rings. The molecule has 15 heavy (non-hydrogen) atoms. The van der Waals surface area contributed by atoms with E-state index in [1.165, 1.54) is 6.20 Å². The fraction of sp³-hybridized carbons (Fsp3) is 0.100. The minimum absolute atomic E-state index is 0.295. The lowest BCUT2D eigenvalue weighted by Gasteiger charge is -2.05. The standard InChI is InChI=1S/C10H9ClN2O2/c11-9-4-7(12)5-13-10(9)15-6-8-2-1-3-14-8/h1-5H,6,12H2. The number of anilines is 1. The highest BCUT2D eigenvalue weighted by Crippen LogP contribution is 2.23. The van der Waals surface area contributed by atoms with Crippen LogP contribution in [0, 0.1) is 0 Å². The van der Waals surface area contributed by atoms with E-state index in [0.717, 1.165) is 0 Å². The summed E-state index contributed by atoms with van der Waals surface area (Å²) in [6.07, 6.45) is 3.07. The number of nitrogens with zero attached hydrogens (tertiary/aromatic N) is 1. The molecule has 0 spiro atoms. The van der Waals surface area contributed by atoms with E-state index in [-0.39, 0.29) is 0 Å². The average Bonchev–Trinajstić information content (AvgIpc) is 2.69. The summed E-state index contributed by atoms with van der Waals surface area (Å²) in [5.41, 5.74) is 6.00. The summed E-state index contributed by atoms with van der Waals surface area (Å²) >= 11 is 5.87. The van der Waals surface area contributed by atoms with Crippen LogP contribution in [0.1, 0.15) is 5.76 Å². The summed E-state index contributed by atoms with van der Waals surface area (Å²) in [6.45, 7) is 0.295. The number of hydrogen-bond donors (Lipinski definition) is 1. The molecule has 0 radical (unpaired) electrons. The molecule has 2 N–H and O–H groups in total. The lowest BCUT2D eigenvalue weighted by atomic mass is 10.4. The largest absolute Gasteiger partial charge is 0.468 e. The Kier molecular flexibility index (Phi) is 2.78. The van der Waals surface area contributed by atoms with Gasteiger partial charge in [-0.1, -0.05) is 11.6 Å². The van der Waals surface area contributed by atoms with Gasteiger partial charge in [-0.05, 0) is 18.2 Å². The molecule has 0 saturated heterocycles. The molecular weight excluding hydrogens is 216 g/mol. The van der Waals surface area contributed by atoms with Gasteiger partial charge in [-0.15, -0.1) is 0 Å². The molecule has 4 nitrogen and oxygen atoms in total. The van der Waals surface area contributed by atoms with Gasteiger partial charge in [-0.25, -0.2) is 4.98 Å². The number of nitrogen functional groups attached to an aromatic ring is 1. The molecule has 78 valence electrons. The van der Waals surface area contributed by atoms with Gasteiger partial charge in [0.05, 0.1) is 18.1 Å². The Morgan fingerprint density at radius 3 is 3.07 bits per heavy atom. The van der Waals surface area contributed by atoms with Crippen molar-refractivity contribution in [1.82, 2.24) is 4.98 Å². The van der Waals surface area contributed by atoms with Crippen LogP contribution in [0.2, 0.25) is 5.02 Å². The molecule has 0 bridgehead atoms. The van der Waals surface area contributed by atoms with Gasteiger partial charge in [0, 0.05) is 0 Å². The summed E-state index contributed by atoms with van der Waals surface area (Å²) in [7, 11) is 0. The number of halogens is 1.